The van der Waals surface area contributed by atoms with Gasteiger partial charge in [-0.1, -0.05) is 18.1 Å². The Labute approximate surface area is 115 Å². The summed E-state index contributed by atoms with van der Waals surface area (Å²) in [5.74, 6) is 0. The molecule has 0 radical (unpaired) electrons. The minimum atomic E-state index is 0.512. The van der Waals surface area contributed by atoms with Crippen molar-refractivity contribution in [3.05, 3.63) is 35.5 Å². The van der Waals surface area contributed by atoms with E-state index in [0.717, 1.165) is 12.6 Å². The molecule has 1 aromatic carbocycles. The van der Waals surface area contributed by atoms with E-state index < -0.39 is 0 Å². The zero-order valence-corrected chi connectivity index (χ0v) is 12.2. The predicted molar refractivity (Wildman–Crippen MR) is 81.5 cm³/mol. The number of hydrogen-bond acceptors (Lipinski definition) is 1. The molecule has 1 aliphatic carbocycles. The molecule has 0 spiro atoms. The van der Waals surface area contributed by atoms with E-state index in [-0.39, 0.29) is 0 Å². The zero-order valence-electron chi connectivity index (χ0n) is 12.2. The second-order valence-corrected chi connectivity index (χ2v) is 6.17. The van der Waals surface area contributed by atoms with Gasteiger partial charge in [-0.3, -0.25) is 0 Å². The van der Waals surface area contributed by atoms with Gasteiger partial charge in [0.25, 0.3) is 0 Å². The van der Waals surface area contributed by atoms with Crippen LogP contribution in [0, 0.1) is 6.92 Å². The lowest BCUT2D eigenvalue weighted by Gasteiger charge is -2.27. The number of nitrogens with zero attached hydrogens (tertiary/aromatic N) is 1. The summed E-state index contributed by atoms with van der Waals surface area (Å²) >= 11 is 0. The minimum absolute atomic E-state index is 0.512. The first-order valence-corrected chi connectivity index (χ1v) is 7.49. The SMILES string of the molecule is Cc1ccc2c(c1)cc(CNC1CCC1)n2C(C)C. The van der Waals surface area contributed by atoms with Crippen LogP contribution in [0.1, 0.15) is 50.4 Å². The van der Waals surface area contributed by atoms with Gasteiger partial charge in [-0.2, -0.15) is 0 Å². The van der Waals surface area contributed by atoms with Gasteiger partial charge in [-0.25, -0.2) is 0 Å². The van der Waals surface area contributed by atoms with Crippen LogP contribution in [0.15, 0.2) is 24.3 Å². The molecule has 1 aromatic heterocycles. The monoisotopic (exact) mass is 256 g/mol. The Morgan fingerprint density at radius 1 is 1.26 bits per heavy atom. The Hall–Kier alpha value is -1.28. The van der Waals surface area contributed by atoms with Gasteiger partial charge >= 0.3 is 0 Å². The highest BCUT2D eigenvalue weighted by Gasteiger charge is 2.18. The molecule has 2 aromatic rings. The van der Waals surface area contributed by atoms with Crippen LogP contribution in [0.2, 0.25) is 0 Å². The highest BCUT2D eigenvalue weighted by Crippen LogP contribution is 2.26. The molecule has 1 saturated carbocycles. The lowest BCUT2D eigenvalue weighted by molar-refractivity contribution is 0.334. The normalized spacial score (nSPS) is 16.2. The predicted octanol–water partition coefficient (Wildman–Crippen LogP) is 4.17. The molecule has 1 fully saturated rings. The molecule has 1 N–H and O–H groups in total. The van der Waals surface area contributed by atoms with Crippen LogP contribution in [0.3, 0.4) is 0 Å². The van der Waals surface area contributed by atoms with Crippen LogP contribution in [0.25, 0.3) is 10.9 Å². The lowest BCUT2D eigenvalue weighted by Crippen LogP contribution is -2.35. The molecule has 0 bridgehead atoms. The standard InChI is InChI=1S/C17H24N2/c1-12(2)19-16(11-18-15-5-4-6-15)10-14-9-13(3)7-8-17(14)19/h7-10,12,15,18H,4-6,11H2,1-3H3. The van der Waals surface area contributed by atoms with Crippen molar-refractivity contribution in [2.75, 3.05) is 0 Å². The van der Waals surface area contributed by atoms with Gasteiger partial charge in [-0.15, -0.1) is 0 Å². The largest absolute Gasteiger partial charge is 0.341 e. The molecule has 0 unspecified atom stereocenters. The van der Waals surface area contributed by atoms with E-state index in [1.807, 2.05) is 0 Å². The fraction of sp³-hybridized carbons (Fsp3) is 0.529. The topological polar surface area (TPSA) is 17.0 Å². The maximum absolute atomic E-state index is 3.69. The summed E-state index contributed by atoms with van der Waals surface area (Å²) in [6.45, 7) is 7.70. The fourth-order valence-corrected chi connectivity index (χ4v) is 3.02. The van der Waals surface area contributed by atoms with Crippen molar-refractivity contribution in [2.24, 2.45) is 0 Å². The molecule has 2 heteroatoms. The van der Waals surface area contributed by atoms with Crippen molar-refractivity contribution in [1.29, 1.82) is 0 Å². The van der Waals surface area contributed by atoms with Crippen LogP contribution in [0.4, 0.5) is 0 Å². The van der Waals surface area contributed by atoms with E-state index in [0.29, 0.717) is 6.04 Å². The third kappa shape index (κ3) is 2.42. The molecule has 102 valence electrons. The molecule has 3 rings (SSSR count). The minimum Gasteiger partial charge on any atom is -0.341 e. The number of rotatable bonds is 4. The summed E-state index contributed by atoms with van der Waals surface area (Å²) in [7, 11) is 0. The van der Waals surface area contributed by atoms with Crippen LogP contribution in [-0.2, 0) is 6.54 Å². The van der Waals surface area contributed by atoms with Gasteiger partial charge in [0.1, 0.15) is 0 Å². The highest BCUT2D eigenvalue weighted by atomic mass is 15.0. The quantitative estimate of drug-likeness (QED) is 0.868. The Morgan fingerprint density at radius 2 is 2.05 bits per heavy atom. The fourth-order valence-electron chi connectivity index (χ4n) is 3.02. The Balaban J connectivity index is 1.94. The van der Waals surface area contributed by atoms with Crippen molar-refractivity contribution in [1.82, 2.24) is 9.88 Å². The van der Waals surface area contributed by atoms with E-state index in [1.54, 1.807) is 0 Å². The first-order valence-electron chi connectivity index (χ1n) is 7.49. The Morgan fingerprint density at radius 3 is 2.68 bits per heavy atom. The zero-order chi connectivity index (χ0) is 13.4. The molecule has 0 atom stereocenters. The average Bonchev–Trinajstić information content (AvgIpc) is 2.64. The third-order valence-electron chi connectivity index (χ3n) is 4.27. The lowest BCUT2D eigenvalue weighted by atomic mass is 9.93. The van der Waals surface area contributed by atoms with Crippen LogP contribution < -0.4 is 5.32 Å². The molecular weight excluding hydrogens is 232 g/mol. The highest BCUT2D eigenvalue weighted by molar-refractivity contribution is 5.82. The van der Waals surface area contributed by atoms with Crippen molar-refractivity contribution in [3.63, 3.8) is 0 Å². The third-order valence-corrected chi connectivity index (χ3v) is 4.27. The summed E-state index contributed by atoms with van der Waals surface area (Å²) in [4.78, 5) is 0. The van der Waals surface area contributed by atoms with Crippen LogP contribution >= 0.6 is 0 Å². The second-order valence-electron chi connectivity index (χ2n) is 6.17. The molecule has 0 amide bonds. The molecular formula is C17H24N2. The molecule has 2 nitrogen and oxygen atoms in total. The van der Waals surface area contributed by atoms with Crippen LogP contribution in [0.5, 0.6) is 0 Å². The first kappa shape index (κ1) is 12.7. The Bertz CT molecular complexity index is 576. The van der Waals surface area contributed by atoms with Crippen molar-refractivity contribution in [2.45, 2.75) is 58.7 Å². The summed E-state index contributed by atoms with van der Waals surface area (Å²) in [5, 5.41) is 5.06. The van der Waals surface area contributed by atoms with Crippen molar-refractivity contribution in [3.8, 4) is 0 Å². The van der Waals surface area contributed by atoms with E-state index in [2.05, 4.69) is 54.9 Å². The number of benzene rings is 1. The van der Waals surface area contributed by atoms with Crippen LogP contribution in [-0.4, -0.2) is 10.6 Å². The van der Waals surface area contributed by atoms with Gasteiger partial charge in [-0.05, 0) is 51.8 Å². The van der Waals surface area contributed by atoms with Gasteiger partial charge in [0.2, 0.25) is 0 Å². The van der Waals surface area contributed by atoms with E-state index >= 15 is 0 Å². The van der Waals surface area contributed by atoms with E-state index in [1.165, 1.54) is 41.4 Å². The molecule has 1 aliphatic rings. The van der Waals surface area contributed by atoms with Gasteiger partial charge < -0.3 is 9.88 Å². The molecule has 1 heterocycles. The number of fused-ring (bicyclic) bond motifs is 1. The summed E-state index contributed by atoms with van der Waals surface area (Å²) in [5.41, 5.74) is 4.13. The van der Waals surface area contributed by atoms with Gasteiger partial charge in [0, 0.05) is 35.2 Å². The van der Waals surface area contributed by atoms with Crippen molar-refractivity contribution < 1.29 is 0 Å². The van der Waals surface area contributed by atoms with Gasteiger partial charge in [0.05, 0.1) is 0 Å². The smallest absolute Gasteiger partial charge is 0.0485 e. The number of aryl methyl sites for hydroxylation is 1. The summed E-state index contributed by atoms with van der Waals surface area (Å²) in [6.07, 6.45) is 4.09. The molecule has 0 saturated heterocycles. The summed E-state index contributed by atoms with van der Waals surface area (Å²) in [6, 6.07) is 10.4. The maximum Gasteiger partial charge on any atom is 0.0485 e. The molecule has 19 heavy (non-hydrogen) atoms. The van der Waals surface area contributed by atoms with Crippen molar-refractivity contribution >= 4 is 10.9 Å². The Kier molecular flexibility index (Phi) is 3.36. The second kappa shape index (κ2) is 5.01. The molecule has 0 aliphatic heterocycles. The van der Waals surface area contributed by atoms with E-state index in [4.69, 9.17) is 0 Å². The van der Waals surface area contributed by atoms with Gasteiger partial charge in [0.15, 0.2) is 0 Å². The number of nitrogens with one attached hydrogen (secondary N) is 1. The first-order chi connectivity index (χ1) is 9.15. The van der Waals surface area contributed by atoms with E-state index in [9.17, 15) is 0 Å². The number of hydrogen-bond donors (Lipinski definition) is 1. The average molecular weight is 256 g/mol. The maximum atomic E-state index is 3.69. The number of aromatic nitrogens is 1. The summed E-state index contributed by atoms with van der Waals surface area (Å²) < 4.78 is 2.47.